The Morgan fingerprint density at radius 1 is 1.30 bits per heavy atom. The fourth-order valence-electron chi connectivity index (χ4n) is 1.91. The average Bonchev–Trinajstić information content (AvgIpc) is 3.07. The molecule has 9 heteroatoms. The van der Waals surface area contributed by atoms with Crippen LogP contribution in [0.5, 0.6) is 0 Å². The van der Waals surface area contributed by atoms with Crippen LogP contribution in [0.2, 0.25) is 5.02 Å². The normalized spacial score (nSPS) is 14.1. The molecule has 0 saturated heterocycles. The summed E-state index contributed by atoms with van der Waals surface area (Å²) >= 11 is 9.22. The zero-order chi connectivity index (χ0) is 15.6. The minimum atomic E-state index is 0.430. The Hall–Kier alpha value is -1.64. The van der Waals surface area contributed by atoms with Crippen molar-refractivity contribution >= 4 is 39.8 Å². The summed E-state index contributed by atoms with van der Waals surface area (Å²) in [5, 5.41) is 17.1. The molecule has 2 heterocycles. The summed E-state index contributed by atoms with van der Waals surface area (Å²) in [5.74, 6) is 1.61. The van der Waals surface area contributed by atoms with E-state index in [1.165, 1.54) is 12.8 Å². The van der Waals surface area contributed by atoms with E-state index >= 15 is 0 Å². The van der Waals surface area contributed by atoms with Crippen molar-refractivity contribution in [1.82, 2.24) is 20.3 Å². The topological polar surface area (TPSA) is 76.7 Å². The van der Waals surface area contributed by atoms with Gasteiger partial charge in [0.15, 0.2) is 10.2 Å². The van der Waals surface area contributed by atoms with Crippen LogP contribution in [0, 0.1) is 0 Å². The van der Waals surface area contributed by atoms with Gasteiger partial charge in [-0.05, 0) is 25.0 Å². The molecule has 1 aliphatic carbocycles. The van der Waals surface area contributed by atoms with Crippen LogP contribution in [0.3, 0.4) is 0 Å². The third-order valence-corrected chi connectivity index (χ3v) is 5.52. The molecule has 0 aliphatic heterocycles. The predicted octanol–water partition coefficient (Wildman–Crippen LogP) is 4.11. The molecule has 0 atom stereocenters. The highest BCUT2D eigenvalue weighted by atomic mass is 35.5. The molecule has 1 fully saturated rings. The lowest BCUT2D eigenvalue weighted by Crippen LogP contribution is -1.99. The molecule has 4 rings (SSSR count). The molecule has 0 unspecified atom stereocenters. The standard InChI is InChI=1S/C14H12ClN5OS2/c15-10-4-2-1-3-9(10)12-17-11(20-21-12)7-22-14-19-18-13(23-14)16-8-5-6-8/h1-4,8H,5-7H2,(H,16,18). The number of thioether (sulfide) groups is 1. The molecule has 1 saturated carbocycles. The van der Waals surface area contributed by atoms with Gasteiger partial charge in [0.2, 0.25) is 5.13 Å². The van der Waals surface area contributed by atoms with Crippen LogP contribution in [0.25, 0.3) is 11.5 Å². The molecule has 1 aliphatic rings. The zero-order valence-electron chi connectivity index (χ0n) is 11.9. The van der Waals surface area contributed by atoms with Gasteiger partial charge in [0, 0.05) is 6.04 Å². The highest BCUT2D eigenvalue weighted by molar-refractivity contribution is 8.00. The first-order chi connectivity index (χ1) is 11.3. The number of aromatic nitrogens is 4. The minimum absolute atomic E-state index is 0.430. The van der Waals surface area contributed by atoms with E-state index in [0.29, 0.717) is 28.5 Å². The van der Waals surface area contributed by atoms with Crippen molar-refractivity contribution in [2.75, 3.05) is 5.32 Å². The number of halogens is 1. The Balaban J connectivity index is 1.39. The molecule has 0 spiro atoms. The number of benzene rings is 1. The Morgan fingerprint density at radius 2 is 2.17 bits per heavy atom. The van der Waals surface area contributed by atoms with Gasteiger partial charge < -0.3 is 9.84 Å². The Kier molecular flexibility index (Phi) is 4.19. The van der Waals surface area contributed by atoms with E-state index in [1.54, 1.807) is 29.2 Å². The molecular weight excluding hydrogens is 354 g/mol. The number of nitrogens with zero attached hydrogens (tertiary/aromatic N) is 4. The van der Waals surface area contributed by atoms with Crippen molar-refractivity contribution in [2.45, 2.75) is 29.0 Å². The van der Waals surface area contributed by atoms with Crippen LogP contribution in [-0.4, -0.2) is 26.4 Å². The summed E-state index contributed by atoms with van der Waals surface area (Å²) in [5.41, 5.74) is 0.741. The number of anilines is 1. The summed E-state index contributed by atoms with van der Waals surface area (Å²) in [6, 6.07) is 7.98. The quantitative estimate of drug-likeness (QED) is 0.658. The van der Waals surface area contributed by atoms with Gasteiger partial charge in [0.05, 0.1) is 16.3 Å². The van der Waals surface area contributed by atoms with Gasteiger partial charge in [-0.15, -0.1) is 10.2 Å². The van der Waals surface area contributed by atoms with E-state index in [0.717, 1.165) is 15.0 Å². The molecule has 1 aromatic carbocycles. The summed E-state index contributed by atoms with van der Waals surface area (Å²) in [4.78, 5) is 4.38. The first kappa shape index (κ1) is 14.9. The van der Waals surface area contributed by atoms with Gasteiger partial charge >= 0.3 is 0 Å². The maximum atomic E-state index is 6.13. The maximum Gasteiger partial charge on any atom is 0.259 e. The van der Waals surface area contributed by atoms with Crippen LogP contribution >= 0.6 is 34.7 Å². The SMILES string of the molecule is Clc1ccccc1-c1nc(CSc2nnc(NC3CC3)s2)no1. The van der Waals surface area contributed by atoms with Crippen LogP contribution in [0.4, 0.5) is 5.13 Å². The van der Waals surface area contributed by atoms with Gasteiger partial charge in [-0.1, -0.05) is 52.0 Å². The second kappa shape index (κ2) is 6.46. The molecule has 118 valence electrons. The van der Waals surface area contributed by atoms with Gasteiger partial charge in [0.25, 0.3) is 5.89 Å². The molecule has 3 aromatic rings. The van der Waals surface area contributed by atoms with Gasteiger partial charge in [-0.3, -0.25) is 0 Å². The third-order valence-electron chi connectivity index (χ3n) is 3.21. The predicted molar refractivity (Wildman–Crippen MR) is 90.9 cm³/mol. The number of hydrogen-bond donors (Lipinski definition) is 1. The van der Waals surface area contributed by atoms with Crippen molar-refractivity contribution in [3.63, 3.8) is 0 Å². The highest BCUT2D eigenvalue weighted by Crippen LogP contribution is 2.32. The Labute approximate surface area is 145 Å². The summed E-state index contributed by atoms with van der Waals surface area (Å²) < 4.78 is 6.17. The molecule has 0 bridgehead atoms. The molecule has 23 heavy (non-hydrogen) atoms. The molecule has 0 amide bonds. The Bertz CT molecular complexity index is 817. The average molecular weight is 366 g/mol. The van der Waals surface area contributed by atoms with Crippen LogP contribution < -0.4 is 5.32 Å². The fourth-order valence-corrected chi connectivity index (χ4v) is 3.80. The summed E-state index contributed by atoms with van der Waals surface area (Å²) in [6.07, 6.45) is 2.44. The monoisotopic (exact) mass is 365 g/mol. The first-order valence-electron chi connectivity index (χ1n) is 7.08. The van der Waals surface area contributed by atoms with Crippen molar-refractivity contribution in [3.05, 3.63) is 35.1 Å². The van der Waals surface area contributed by atoms with E-state index in [2.05, 4.69) is 25.7 Å². The number of rotatable bonds is 6. The Morgan fingerprint density at radius 3 is 3.00 bits per heavy atom. The number of nitrogens with one attached hydrogen (secondary N) is 1. The fraction of sp³-hybridized carbons (Fsp3) is 0.286. The van der Waals surface area contributed by atoms with E-state index in [9.17, 15) is 0 Å². The van der Waals surface area contributed by atoms with Crippen LogP contribution in [0.1, 0.15) is 18.7 Å². The minimum Gasteiger partial charge on any atom is -0.357 e. The summed E-state index contributed by atoms with van der Waals surface area (Å²) in [7, 11) is 0. The lowest BCUT2D eigenvalue weighted by molar-refractivity contribution is 0.425. The first-order valence-corrected chi connectivity index (χ1v) is 9.26. The van der Waals surface area contributed by atoms with Crippen LogP contribution in [-0.2, 0) is 5.75 Å². The van der Waals surface area contributed by atoms with Crippen LogP contribution in [0.15, 0.2) is 33.1 Å². The van der Waals surface area contributed by atoms with Crippen molar-refractivity contribution in [2.24, 2.45) is 0 Å². The third kappa shape index (κ3) is 3.65. The lowest BCUT2D eigenvalue weighted by Gasteiger charge is -1.95. The highest BCUT2D eigenvalue weighted by Gasteiger charge is 2.22. The van der Waals surface area contributed by atoms with Gasteiger partial charge in [0.1, 0.15) is 0 Å². The van der Waals surface area contributed by atoms with Crippen molar-refractivity contribution in [3.8, 4) is 11.5 Å². The molecule has 0 radical (unpaired) electrons. The van der Waals surface area contributed by atoms with Crippen molar-refractivity contribution in [1.29, 1.82) is 0 Å². The van der Waals surface area contributed by atoms with E-state index in [4.69, 9.17) is 16.1 Å². The van der Waals surface area contributed by atoms with E-state index < -0.39 is 0 Å². The molecule has 6 nitrogen and oxygen atoms in total. The lowest BCUT2D eigenvalue weighted by atomic mass is 10.2. The van der Waals surface area contributed by atoms with E-state index in [1.807, 2.05) is 18.2 Å². The largest absolute Gasteiger partial charge is 0.357 e. The second-order valence-corrected chi connectivity index (χ2v) is 7.68. The summed E-state index contributed by atoms with van der Waals surface area (Å²) in [6.45, 7) is 0. The molecule has 1 N–H and O–H groups in total. The zero-order valence-corrected chi connectivity index (χ0v) is 14.3. The molecule has 2 aromatic heterocycles. The van der Waals surface area contributed by atoms with Crippen molar-refractivity contribution < 1.29 is 4.52 Å². The number of hydrogen-bond acceptors (Lipinski definition) is 8. The molecular formula is C14H12ClN5OS2. The van der Waals surface area contributed by atoms with Gasteiger partial charge in [-0.25, -0.2) is 0 Å². The second-order valence-electron chi connectivity index (χ2n) is 5.08. The van der Waals surface area contributed by atoms with Gasteiger partial charge in [-0.2, -0.15) is 4.98 Å². The van der Waals surface area contributed by atoms with E-state index in [-0.39, 0.29) is 0 Å². The smallest absolute Gasteiger partial charge is 0.259 e. The maximum absolute atomic E-state index is 6.13.